The molecule has 1 aromatic rings. The van der Waals surface area contributed by atoms with Crippen molar-refractivity contribution in [1.29, 1.82) is 0 Å². The van der Waals surface area contributed by atoms with E-state index in [9.17, 15) is 4.79 Å². The number of pyridine rings is 1. The highest BCUT2D eigenvalue weighted by atomic mass is 16.6. The zero-order valence-corrected chi connectivity index (χ0v) is 17.9. The average molecular weight is 406 g/mol. The Morgan fingerprint density at radius 2 is 1.97 bits per heavy atom. The summed E-state index contributed by atoms with van der Waals surface area (Å²) in [6, 6.07) is 3.66. The Balaban J connectivity index is 2.01. The van der Waals surface area contributed by atoms with E-state index >= 15 is 0 Å². The SMILES string of the molecule is CCCCN(C)C(=O)OC/C(=C(/N)c1ccc(OC2CCCCC2)cn1)N(C)N. The van der Waals surface area contributed by atoms with Crippen molar-refractivity contribution in [3.8, 4) is 5.75 Å². The molecule has 2 rings (SSSR count). The molecule has 0 spiro atoms. The molecule has 8 nitrogen and oxygen atoms in total. The summed E-state index contributed by atoms with van der Waals surface area (Å²) in [5, 5.41) is 1.35. The summed E-state index contributed by atoms with van der Waals surface area (Å²) in [6.07, 6.45) is 9.35. The lowest BCUT2D eigenvalue weighted by Gasteiger charge is -2.23. The quantitative estimate of drug-likeness (QED) is 0.480. The summed E-state index contributed by atoms with van der Waals surface area (Å²) in [5.41, 5.74) is 7.67. The second-order valence-corrected chi connectivity index (χ2v) is 7.56. The molecular weight excluding hydrogens is 370 g/mol. The van der Waals surface area contributed by atoms with Gasteiger partial charge in [-0.15, -0.1) is 0 Å². The lowest BCUT2D eigenvalue weighted by Crippen LogP contribution is -2.34. The van der Waals surface area contributed by atoms with Gasteiger partial charge in [0.2, 0.25) is 0 Å². The lowest BCUT2D eigenvalue weighted by atomic mass is 9.98. The molecule has 8 heteroatoms. The summed E-state index contributed by atoms with van der Waals surface area (Å²) in [5.74, 6) is 6.65. The van der Waals surface area contributed by atoms with Gasteiger partial charge in [0.15, 0.2) is 0 Å². The van der Waals surface area contributed by atoms with Gasteiger partial charge in [-0.3, -0.25) is 4.98 Å². The number of nitrogens with two attached hydrogens (primary N) is 2. The van der Waals surface area contributed by atoms with E-state index in [-0.39, 0.29) is 12.7 Å². The molecule has 1 aliphatic rings. The summed E-state index contributed by atoms with van der Waals surface area (Å²) in [7, 11) is 3.36. The van der Waals surface area contributed by atoms with Gasteiger partial charge < -0.3 is 25.1 Å². The number of ether oxygens (including phenoxy) is 2. The van der Waals surface area contributed by atoms with E-state index in [4.69, 9.17) is 21.1 Å². The third-order valence-electron chi connectivity index (χ3n) is 5.10. The van der Waals surface area contributed by atoms with Gasteiger partial charge in [-0.2, -0.15) is 0 Å². The van der Waals surface area contributed by atoms with Gasteiger partial charge in [0.25, 0.3) is 0 Å². The molecule has 162 valence electrons. The molecule has 1 amide bonds. The van der Waals surface area contributed by atoms with Crippen molar-refractivity contribution in [3.63, 3.8) is 0 Å². The van der Waals surface area contributed by atoms with E-state index in [2.05, 4.69) is 11.9 Å². The maximum Gasteiger partial charge on any atom is 0.409 e. The Hall–Kier alpha value is -2.48. The molecule has 4 N–H and O–H groups in total. The molecule has 0 bridgehead atoms. The van der Waals surface area contributed by atoms with Gasteiger partial charge in [0.1, 0.15) is 12.4 Å². The number of nitrogens with zero attached hydrogens (tertiary/aromatic N) is 3. The van der Waals surface area contributed by atoms with E-state index in [0.29, 0.717) is 23.6 Å². The van der Waals surface area contributed by atoms with Gasteiger partial charge in [-0.1, -0.05) is 19.8 Å². The molecule has 1 saturated carbocycles. The minimum absolute atomic E-state index is 0.0316. The number of aromatic nitrogens is 1. The fraction of sp³-hybridized carbons (Fsp3) is 0.619. The van der Waals surface area contributed by atoms with Crippen molar-refractivity contribution in [2.45, 2.75) is 58.0 Å². The van der Waals surface area contributed by atoms with Crippen LogP contribution in [0.2, 0.25) is 0 Å². The van der Waals surface area contributed by atoms with Crippen molar-refractivity contribution < 1.29 is 14.3 Å². The number of hydrogen-bond acceptors (Lipinski definition) is 7. The zero-order chi connectivity index (χ0) is 21.2. The van der Waals surface area contributed by atoms with Crippen LogP contribution in [0.1, 0.15) is 57.6 Å². The van der Waals surface area contributed by atoms with Crippen LogP contribution in [0.3, 0.4) is 0 Å². The zero-order valence-electron chi connectivity index (χ0n) is 17.9. The monoisotopic (exact) mass is 405 g/mol. The molecular formula is C21H35N5O3. The van der Waals surface area contributed by atoms with Crippen LogP contribution >= 0.6 is 0 Å². The molecule has 0 aromatic carbocycles. The number of amides is 1. The van der Waals surface area contributed by atoms with Crippen molar-refractivity contribution in [3.05, 3.63) is 29.7 Å². The first kappa shape index (κ1) is 22.8. The molecule has 1 fully saturated rings. The number of hydrogen-bond donors (Lipinski definition) is 2. The molecule has 1 aliphatic carbocycles. The van der Waals surface area contributed by atoms with Gasteiger partial charge in [0, 0.05) is 20.6 Å². The molecule has 1 aromatic heterocycles. The number of carbonyl (C=O) groups is 1. The van der Waals surface area contributed by atoms with Crippen LogP contribution in [0.4, 0.5) is 4.79 Å². The number of rotatable bonds is 9. The summed E-state index contributed by atoms with van der Waals surface area (Å²) >= 11 is 0. The van der Waals surface area contributed by atoms with E-state index in [1.54, 1.807) is 31.3 Å². The van der Waals surface area contributed by atoms with E-state index in [0.717, 1.165) is 31.4 Å². The second kappa shape index (κ2) is 11.5. The summed E-state index contributed by atoms with van der Waals surface area (Å²) < 4.78 is 11.4. The van der Waals surface area contributed by atoms with Crippen molar-refractivity contribution in [2.24, 2.45) is 11.6 Å². The maximum atomic E-state index is 12.1. The van der Waals surface area contributed by atoms with Crippen LogP contribution < -0.4 is 16.3 Å². The molecule has 0 saturated heterocycles. The number of carbonyl (C=O) groups excluding carboxylic acids is 1. The first-order valence-electron chi connectivity index (χ1n) is 10.4. The van der Waals surface area contributed by atoms with Gasteiger partial charge in [-0.05, 0) is 44.2 Å². The number of hydrazine groups is 1. The Bertz CT molecular complexity index is 669. The highest BCUT2D eigenvalue weighted by Crippen LogP contribution is 2.24. The van der Waals surface area contributed by atoms with Crippen molar-refractivity contribution in [1.82, 2.24) is 14.9 Å². The maximum absolute atomic E-state index is 12.1. The Kier molecular flexibility index (Phi) is 9.05. The molecule has 0 aliphatic heterocycles. The van der Waals surface area contributed by atoms with Crippen LogP contribution in [-0.2, 0) is 4.74 Å². The van der Waals surface area contributed by atoms with E-state index in [1.807, 2.05) is 6.07 Å². The van der Waals surface area contributed by atoms with Crippen LogP contribution in [0.5, 0.6) is 5.75 Å². The van der Waals surface area contributed by atoms with Crippen LogP contribution in [-0.4, -0.2) is 54.3 Å². The van der Waals surface area contributed by atoms with Gasteiger partial charge in [0.05, 0.1) is 29.4 Å². The minimum Gasteiger partial charge on any atom is -0.489 e. The van der Waals surface area contributed by atoms with E-state index < -0.39 is 6.09 Å². The molecule has 0 radical (unpaired) electrons. The fourth-order valence-electron chi connectivity index (χ4n) is 3.23. The fourth-order valence-corrected chi connectivity index (χ4v) is 3.23. The Morgan fingerprint density at radius 3 is 2.55 bits per heavy atom. The predicted octanol–water partition coefficient (Wildman–Crippen LogP) is 3.09. The average Bonchev–Trinajstić information content (AvgIpc) is 2.72. The molecule has 0 unspecified atom stereocenters. The number of likely N-dealkylation sites (N-methyl/N-ethyl adjacent to an activating group) is 1. The van der Waals surface area contributed by atoms with E-state index in [1.165, 1.54) is 24.3 Å². The highest BCUT2D eigenvalue weighted by Gasteiger charge is 2.17. The lowest BCUT2D eigenvalue weighted by molar-refractivity contribution is 0.113. The Labute approximate surface area is 173 Å². The topological polar surface area (TPSA) is 107 Å². The van der Waals surface area contributed by atoms with Crippen molar-refractivity contribution >= 4 is 11.8 Å². The Morgan fingerprint density at radius 1 is 1.24 bits per heavy atom. The standard InChI is InChI=1S/C21H35N5O3/c1-4-5-13-25(2)21(27)28-15-19(26(3)23)20(22)18-12-11-17(14-24-18)29-16-9-7-6-8-10-16/h11-12,14,16H,4-10,13,15,22-23H2,1-3H3/b20-19-. The second-order valence-electron chi connectivity index (χ2n) is 7.56. The third kappa shape index (κ3) is 7.12. The third-order valence-corrected chi connectivity index (χ3v) is 5.10. The smallest absolute Gasteiger partial charge is 0.409 e. The normalized spacial score (nSPS) is 15.4. The van der Waals surface area contributed by atoms with Gasteiger partial charge in [-0.25, -0.2) is 10.6 Å². The highest BCUT2D eigenvalue weighted by molar-refractivity contribution is 5.68. The molecule has 0 atom stereocenters. The summed E-state index contributed by atoms with van der Waals surface area (Å²) in [6.45, 7) is 2.69. The first-order chi connectivity index (χ1) is 13.9. The predicted molar refractivity (Wildman–Crippen MR) is 114 cm³/mol. The first-order valence-corrected chi connectivity index (χ1v) is 10.4. The number of unbranched alkanes of at least 4 members (excludes halogenated alkanes) is 1. The minimum atomic E-state index is -0.408. The molecule has 1 heterocycles. The van der Waals surface area contributed by atoms with Crippen LogP contribution in [0.25, 0.3) is 5.70 Å². The van der Waals surface area contributed by atoms with Crippen molar-refractivity contribution in [2.75, 3.05) is 27.2 Å². The van der Waals surface area contributed by atoms with Crippen LogP contribution in [0.15, 0.2) is 24.0 Å². The van der Waals surface area contributed by atoms with Crippen LogP contribution in [0, 0.1) is 0 Å². The van der Waals surface area contributed by atoms with Gasteiger partial charge >= 0.3 is 6.09 Å². The summed E-state index contributed by atoms with van der Waals surface area (Å²) in [4.78, 5) is 18.1. The molecule has 29 heavy (non-hydrogen) atoms. The largest absolute Gasteiger partial charge is 0.489 e.